The Labute approximate surface area is 115 Å². The van der Waals surface area contributed by atoms with Gasteiger partial charge in [-0.25, -0.2) is 13.2 Å². The van der Waals surface area contributed by atoms with Crippen LogP contribution in [0.5, 0.6) is 0 Å². The average Bonchev–Trinajstić information content (AvgIpc) is 2.33. The molecule has 0 aliphatic carbocycles. The molecular weight excluding hydrogens is 273 g/mol. The summed E-state index contributed by atoms with van der Waals surface area (Å²) in [6.45, 7) is 0.716. The molecule has 1 aromatic carbocycles. The molecule has 1 aromatic rings. The van der Waals surface area contributed by atoms with Gasteiger partial charge < -0.3 is 0 Å². The second-order valence-corrected chi connectivity index (χ2v) is 5.58. The van der Waals surface area contributed by atoms with Crippen LogP contribution >= 0.6 is 11.8 Å². The highest BCUT2D eigenvalue weighted by atomic mass is 32.2. The van der Waals surface area contributed by atoms with E-state index in [0.717, 1.165) is 11.8 Å². The molecule has 0 aliphatic heterocycles. The fourth-order valence-electron chi connectivity index (χ4n) is 1.62. The van der Waals surface area contributed by atoms with Crippen LogP contribution < -0.4 is 0 Å². The lowest BCUT2D eigenvalue weighted by Gasteiger charge is -2.13. The third-order valence-electron chi connectivity index (χ3n) is 2.48. The molecule has 0 bridgehead atoms. The van der Waals surface area contributed by atoms with Crippen LogP contribution in [0.15, 0.2) is 30.3 Å². The fourth-order valence-corrected chi connectivity index (χ4v) is 2.42. The van der Waals surface area contributed by atoms with E-state index in [2.05, 4.69) is 0 Å². The number of thioether (sulfide) groups is 1. The molecule has 1 nitrogen and oxygen atoms in total. The molecule has 0 amide bonds. The summed E-state index contributed by atoms with van der Waals surface area (Å²) in [4.78, 5) is 11.7. The van der Waals surface area contributed by atoms with Crippen molar-refractivity contribution in [1.29, 1.82) is 0 Å². The third kappa shape index (κ3) is 7.25. The summed E-state index contributed by atoms with van der Waals surface area (Å²) in [6.07, 6.45) is -1.77. The quantitative estimate of drug-likeness (QED) is 0.676. The highest BCUT2D eigenvalue weighted by Gasteiger charge is 2.26. The molecule has 0 radical (unpaired) electrons. The summed E-state index contributed by atoms with van der Waals surface area (Å²) < 4.78 is 38.2. The number of carbonyl (C=O) groups is 1. The molecule has 0 aromatic heterocycles. The van der Waals surface area contributed by atoms with Crippen LogP contribution in [0.2, 0.25) is 0 Å². The Morgan fingerprint density at radius 3 is 2.53 bits per heavy atom. The van der Waals surface area contributed by atoms with Gasteiger partial charge in [-0.3, -0.25) is 4.79 Å². The summed E-state index contributed by atoms with van der Waals surface area (Å²) in [5.41, 5.74) is 0.601. The van der Waals surface area contributed by atoms with Gasteiger partial charge in [-0.1, -0.05) is 42.1 Å². The van der Waals surface area contributed by atoms with Crippen LogP contribution in [0, 0.1) is 0 Å². The van der Waals surface area contributed by atoms with E-state index >= 15 is 0 Å². The fraction of sp³-hybridized carbons (Fsp3) is 0.500. The van der Waals surface area contributed by atoms with Crippen molar-refractivity contribution in [2.24, 2.45) is 0 Å². The molecule has 0 heterocycles. The molecule has 1 atom stereocenters. The SMILES string of the molecule is CC(F)(F)CC(F)CCCSC(=O)c1ccccc1. The smallest absolute Gasteiger partial charge is 0.248 e. The van der Waals surface area contributed by atoms with Gasteiger partial charge >= 0.3 is 0 Å². The number of benzene rings is 1. The first-order valence-corrected chi connectivity index (χ1v) is 7.11. The molecule has 1 rings (SSSR count). The Hall–Kier alpha value is -0.970. The van der Waals surface area contributed by atoms with Crippen molar-refractivity contribution in [2.75, 3.05) is 5.75 Å². The minimum absolute atomic E-state index is 0.0680. The van der Waals surface area contributed by atoms with Crippen LogP contribution in [0.25, 0.3) is 0 Å². The van der Waals surface area contributed by atoms with Gasteiger partial charge in [0, 0.05) is 17.7 Å². The van der Waals surface area contributed by atoms with Crippen LogP contribution in [-0.2, 0) is 0 Å². The van der Waals surface area contributed by atoms with E-state index in [9.17, 15) is 18.0 Å². The molecule has 0 N–H and O–H groups in total. The molecule has 106 valence electrons. The van der Waals surface area contributed by atoms with Gasteiger partial charge in [0.15, 0.2) is 0 Å². The summed E-state index contributed by atoms with van der Waals surface area (Å²) >= 11 is 1.10. The Kier molecular flexibility index (Phi) is 6.42. The predicted molar refractivity (Wildman–Crippen MR) is 72.6 cm³/mol. The first kappa shape index (κ1) is 16.1. The van der Waals surface area contributed by atoms with Crippen molar-refractivity contribution in [3.05, 3.63) is 35.9 Å². The summed E-state index contributed by atoms with van der Waals surface area (Å²) in [5.74, 6) is -2.52. The summed E-state index contributed by atoms with van der Waals surface area (Å²) in [7, 11) is 0. The number of hydrogen-bond acceptors (Lipinski definition) is 2. The molecule has 1 unspecified atom stereocenters. The number of hydrogen-bond donors (Lipinski definition) is 0. The van der Waals surface area contributed by atoms with Gasteiger partial charge in [0.2, 0.25) is 11.0 Å². The number of alkyl halides is 3. The second kappa shape index (κ2) is 7.58. The number of carbonyl (C=O) groups excluding carboxylic acids is 1. The van der Waals surface area contributed by atoms with E-state index in [1.54, 1.807) is 24.3 Å². The third-order valence-corrected chi connectivity index (χ3v) is 3.47. The van der Waals surface area contributed by atoms with Crippen molar-refractivity contribution < 1.29 is 18.0 Å². The topological polar surface area (TPSA) is 17.1 Å². The standard InChI is InChI=1S/C14H17F3OS/c1-14(16,17)10-12(15)8-5-9-19-13(18)11-6-3-2-4-7-11/h2-4,6-7,12H,5,8-10H2,1H3. The normalized spacial score (nSPS) is 13.3. The first-order valence-electron chi connectivity index (χ1n) is 6.12. The van der Waals surface area contributed by atoms with Gasteiger partial charge in [-0.05, 0) is 19.8 Å². The van der Waals surface area contributed by atoms with Gasteiger partial charge in [0.1, 0.15) is 6.17 Å². The van der Waals surface area contributed by atoms with E-state index in [0.29, 0.717) is 24.7 Å². The second-order valence-electron chi connectivity index (χ2n) is 4.52. The first-order chi connectivity index (χ1) is 8.88. The lowest BCUT2D eigenvalue weighted by molar-refractivity contribution is -0.0107. The Bertz CT molecular complexity index is 389. The van der Waals surface area contributed by atoms with Crippen LogP contribution in [0.3, 0.4) is 0 Å². The zero-order valence-corrected chi connectivity index (χ0v) is 11.6. The van der Waals surface area contributed by atoms with E-state index in [-0.39, 0.29) is 11.5 Å². The van der Waals surface area contributed by atoms with Crippen molar-refractivity contribution >= 4 is 16.9 Å². The van der Waals surface area contributed by atoms with Gasteiger partial charge in [-0.15, -0.1) is 0 Å². The van der Waals surface area contributed by atoms with Gasteiger partial charge in [0.25, 0.3) is 0 Å². The Morgan fingerprint density at radius 1 is 1.32 bits per heavy atom. The van der Waals surface area contributed by atoms with Crippen molar-refractivity contribution in [2.45, 2.75) is 38.3 Å². The summed E-state index contributed by atoms with van der Waals surface area (Å²) in [6, 6.07) is 8.79. The van der Waals surface area contributed by atoms with Crippen LogP contribution in [-0.4, -0.2) is 23.0 Å². The van der Waals surface area contributed by atoms with Crippen LogP contribution in [0.4, 0.5) is 13.2 Å². The zero-order valence-electron chi connectivity index (χ0n) is 10.7. The summed E-state index contributed by atoms with van der Waals surface area (Å²) in [5, 5.41) is -0.0724. The largest absolute Gasteiger partial charge is 0.282 e. The molecule has 0 saturated heterocycles. The monoisotopic (exact) mass is 290 g/mol. The zero-order chi connectivity index (χ0) is 14.3. The van der Waals surface area contributed by atoms with E-state index in [4.69, 9.17) is 0 Å². The highest BCUT2D eigenvalue weighted by Crippen LogP contribution is 2.23. The minimum atomic E-state index is -2.97. The molecule has 0 spiro atoms. The van der Waals surface area contributed by atoms with E-state index in [1.165, 1.54) is 0 Å². The van der Waals surface area contributed by atoms with Crippen molar-refractivity contribution in [3.63, 3.8) is 0 Å². The van der Waals surface area contributed by atoms with E-state index in [1.807, 2.05) is 6.07 Å². The minimum Gasteiger partial charge on any atom is -0.282 e. The average molecular weight is 290 g/mol. The van der Waals surface area contributed by atoms with Crippen molar-refractivity contribution in [3.8, 4) is 0 Å². The molecule has 0 aliphatic rings. The van der Waals surface area contributed by atoms with Crippen molar-refractivity contribution in [1.82, 2.24) is 0 Å². The maximum absolute atomic E-state index is 13.2. The lowest BCUT2D eigenvalue weighted by Crippen LogP contribution is -2.17. The van der Waals surface area contributed by atoms with Gasteiger partial charge in [0.05, 0.1) is 0 Å². The molecule has 5 heteroatoms. The highest BCUT2D eigenvalue weighted by molar-refractivity contribution is 8.14. The number of rotatable bonds is 7. The molecule has 0 fully saturated rings. The molecular formula is C14H17F3OS. The number of halogens is 3. The van der Waals surface area contributed by atoms with Crippen LogP contribution in [0.1, 0.15) is 36.5 Å². The maximum atomic E-state index is 13.2. The molecule has 0 saturated carbocycles. The maximum Gasteiger partial charge on any atom is 0.248 e. The lowest BCUT2D eigenvalue weighted by atomic mass is 10.1. The Balaban J connectivity index is 2.19. The molecule has 19 heavy (non-hydrogen) atoms. The van der Waals surface area contributed by atoms with E-state index < -0.39 is 18.5 Å². The van der Waals surface area contributed by atoms with Gasteiger partial charge in [-0.2, -0.15) is 0 Å². The predicted octanol–water partition coefficient (Wildman–Crippen LogP) is 4.72. The Morgan fingerprint density at radius 2 is 1.95 bits per heavy atom.